The third-order valence-corrected chi connectivity index (χ3v) is 3.68. The standard InChI is InChI=1S/C17H19NOS/c1-13-8-7-11-16(17(13)18-14(2)20-3)19-12-15-9-5-4-6-10-15/h4-11H,12H2,1-3H3. The van der Waals surface area contributed by atoms with Gasteiger partial charge in [0, 0.05) is 0 Å². The van der Waals surface area contributed by atoms with E-state index in [9.17, 15) is 0 Å². The van der Waals surface area contributed by atoms with Crippen LogP contribution in [-0.4, -0.2) is 11.3 Å². The van der Waals surface area contributed by atoms with Gasteiger partial charge in [-0.2, -0.15) is 0 Å². The van der Waals surface area contributed by atoms with Crippen molar-refractivity contribution in [1.82, 2.24) is 0 Å². The van der Waals surface area contributed by atoms with Crippen molar-refractivity contribution < 1.29 is 4.74 Å². The first-order valence-corrected chi connectivity index (χ1v) is 7.79. The highest BCUT2D eigenvalue weighted by atomic mass is 32.2. The van der Waals surface area contributed by atoms with Crippen molar-refractivity contribution >= 4 is 22.5 Å². The first kappa shape index (κ1) is 14.7. The number of ether oxygens (including phenoxy) is 1. The summed E-state index contributed by atoms with van der Waals surface area (Å²) in [5.41, 5.74) is 3.21. The summed E-state index contributed by atoms with van der Waals surface area (Å²) in [5.74, 6) is 0.835. The van der Waals surface area contributed by atoms with E-state index in [1.165, 1.54) is 0 Å². The highest BCUT2D eigenvalue weighted by molar-refractivity contribution is 8.13. The van der Waals surface area contributed by atoms with Crippen LogP contribution in [0.5, 0.6) is 5.75 Å². The van der Waals surface area contributed by atoms with E-state index in [0.29, 0.717) is 6.61 Å². The van der Waals surface area contributed by atoms with Gasteiger partial charge in [0.15, 0.2) is 0 Å². The minimum atomic E-state index is 0.561. The molecule has 0 bridgehead atoms. The molecule has 0 aliphatic rings. The zero-order chi connectivity index (χ0) is 14.4. The molecular weight excluding hydrogens is 266 g/mol. The molecule has 0 amide bonds. The van der Waals surface area contributed by atoms with Crippen LogP contribution in [0.1, 0.15) is 18.1 Å². The van der Waals surface area contributed by atoms with Gasteiger partial charge >= 0.3 is 0 Å². The molecule has 0 fully saturated rings. The van der Waals surface area contributed by atoms with E-state index in [0.717, 1.165) is 27.6 Å². The fourth-order valence-corrected chi connectivity index (χ4v) is 2.01. The summed E-state index contributed by atoms with van der Waals surface area (Å²) >= 11 is 1.65. The van der Waals surface area contributed by atoms with Crippen LogP contribution in [0.2, 0.25) is 0 Å². The monoisotopic (exact) mass is 285 g/mol. The summed E-state index contributed by atoms with van der Waals surface area (Å²) in [4.78, 5) is 4.64. The number of rotatable bonds is 4. The van der Waals surface area contributed by atoms with Crippen LogP contribution >= 0.6 is 11.8 Å². The number of hydrogen-bond acceptors (Lipinski definition) is 3. The Labute approximate surface area is 124 Å². The van der Waals surface area contributed by atoms with Crippen LogP contribution in [0.3, 0.4) is 0 Å². The number of hydrogen-bond donors (Lipinski definition) is 0. The van der Waals surface area contributed by atoms with E-state index < -0.39 is 0 Å². The quantitative estimate of drug-likeness (QED) is 0.583. The van der Waals surface area contributed by atoms with Gasteiger partial charge in [-0.3, -0.25) is 0 Å². The molecule has 0 aliphatic carbocycles. The Kier molecular flexibility index (Phi) is 5.24. The van der Waals surface area contributed by atoms with Gasteiger partial charge in [0.05, 0.1) is 5.04 Å². The topological polar surface area (TPSA) is 21.6 Å². The Morgan fingerprint density at radius 3 is 2.55 bits per heavy atom. The number of thioether (sulfide) groups is 1. The fourth-order valence-electron chi connectivity index (χ4n) is 1.83. The zero-order valence-corrected chi connectivity index (χ0v) is 12.9. The Morgan fingerprint density at radius 2 is 1.85 bits per heavy atom. The molecule has 0 N–H and O–H groups in total. The lowest BCUT2D eigenvalue weighted by molar-refractivity contribution is 0.307. The van der Waals surface area contributed by atoms with E-state index >= 15 is 0 Å². The molecule has 0 atom stereocenters. The molecule has 0 heterocycles. The molecule has 0 unspecified atom stereocenters. The van der Waals surface area contributed by atoms with Crippen LogP contribution in [0.25, 0.3) is 0 Å². The summed E-state index contributed by atoms with van der Waals surface area (Å²) in [6.45, 7) is 4.63. The Balaban J connectivity index is 2.21. The second kappa shape index (κ2) is 7.15. The van der Waals surface area contributed by atoms with Gasteiger partial charge in [-0.15, -0.1) is 11.8 Å². The number of para-hydroxylation sites is 1. The van der Waals surface area contributed by atoms with Crippen molar-refractivity contribution in [2.24, 2.45) is 4.99 Å². The molecule has 104 valence electrons. The first-order valence-electron chi connectivity index (χ1n) is 6.56. The van der Waals surface area contributed by atoms with Crippen molar-refractivity contribution in [1.29, 1.82) is 0 Å². The molecule has 0 saturated carbocycles. The molecule has 0 saturated heterocycles. The van der Waals surface area contributed by atoms with Crippen LogP contribution in [0.15, 0.2) is 53.5 Å². The second-order valence-corrected chi connectivity index (χ2v) is 5.53. The fraction of sp³-hybridized carbons (Fsp3) is 0.235. The first-order chi connectivity index (χ1) is 9.70. The van der Waals surface area contributed by atoms with Crippen LogP contribution in [0.4, 0.5) is 5.69 Å². The third-order valence-electron chi connectivity index (χ3n) is 3.00. The molecule has 0 aromatic heterocycles. The van der Waals surface area contributed by atoms with Crippen molar-refractivity contribution in [3.63, 3.8) is 0 Å². The lowest BCUT2D eigenvalue weighted by Crippen LogP contribution is -1.96. The predicted molar refractivity (Wildman–Crippen MR) is 88.2 cm³/mol. The predicted octanol–water partition coefficient (Wildman–Crippen LogP) is 4.99. The molecule has 2 aromatic carbocycles. The van der Waals surface area contributed by atoms with E-state index in [1.807, 2.05) is 43.5 Å². The summed E-state index contributed by atoms with van der Waals surface area (Å²) in [5, 5.41) is 1.03. The number of nitrogens with zero attached hydrogens (tertiary/aromatic N) is 1. The lowest BCUT2D eigenvalue weighted by atomic mass is 10.2. The SMILES string of the molecule is CSC(C)=Nc1c(C)cccc1OCc1ccccc1. The van der Waals surface area contributed by atoms with Gasteiger partial charge in [0.2, 0.25) is 0 Å². The molecule has 2 aromatic rings. The van der Waals surface area contributed by atoms with Crippen molar-refractivity contribution in [2.75, 3.05) is 6.26 Å². The average molecular weight is 285 g/mol. The van der Waals surface area contributed by atoms with Crippen LogP contribution < -0.4 is 4.74 Å². The minimum Gasteiger partial charge on any atom is -0.487 e. The van der Waals surface area contributed by atoms with E-state index in [-0.39, 0.29) is 0 Å². The number of aryl methyl sites for hydroxylation is 1. The maximum atomic E-state index is 5.93. The van der Waals surface area contributed by atoms with E-state index in [2.05, 4.69) is 30.1 Å². The molecule has 0 radical (unpaired) electrons. The van der Waals surface area contributed by atoms with Gasteiger partial charge in [-0.25, -0.2) is 4.99 Å². The van der Waals surface area contributed by atoms with E-state index in [4.69, 9.17) is 4.74 Å². The Bertz CT molecular complexity index is 593. The number of benzene rings is 2. The Morgan fingerprint density at radius 1 is 1.10 bits per heavy atom. The summed E-state index contributed by atoms with van der Waals surface area (Å²) in [6, 6.07) is 16.2. The average Bonchev–Trinajstić information content (AvgIpc) is 2.48. The number of aliphatic imine (C=N–C) groups is 1. The van der Waals surface area contributed by atoms with Crippen LogP contribution in [-0.2, 0) is 6.61 Å². The summed E-state index contributed by atoms with van der Waals surface area (Å²) in [7, 11) is 0. The van der Waals surface area contributed by atoms with Crippen molar-refractivity contribution in [3.8, 4) is 5.75 Å². The third kappa shape index (κ3) is 3.87. The van der Waals surface area contributed by atoms with Crippen LogP contribution in [0, 0.1) is 6.92 Å². The Hall–Kier alpha value is -1.74. The maximum Gasteiger partial charge on any atom is 0.145 e. The molecule has 20 heavy (non-hydrogen) atoms. The summed E-state index contributed by atoms with van der Waals surface area (Å²) < 4.78 is 5.93. The largest absolute Gasteiger partial charge is 0.487 e. The second-order valence-electron chi connectivity index (χ2n) is 4.53. The van der Waals surface area contributed by atoms with Gasteiger partial charge in [0.25, 0.3) is 0 Å². The molecule has 2 nitrogen and oxygen atoms in total. The molecular formula is C17H19NOS. The molecule has 2 rings (SSSR count). The van der Waals surface area contributed by atoms with Gasteiger partial charge in [-0.1, -0.05) is 42.5 Å². The minimum absolute atomic E-state index is 0.561. The maximum absolute atomic E-state index is 5.93. The smallest absolute Gasteiger partial charge is 0.145 e. The molecule has 0 spiro atoms. The highest BCUT2D eigenvalue weighted by Gasteiger charge is 2.06. The zero-order valence-electron chi connectivity index (χ0n) is 12.1. The van der Waals surface area contributed by atoms with Gasteiger partial charge < -0.3 is 4.74 Å². The summed E-state index contributed by atoms with van der Waals surface area (Å²) in [6.07, 6.45) is 2.03. The van der Waals surface area contributed by atoms with Gasteiger partial charge in [-0.05, 0) is 37.3 Å². The highest BCUT2D eigenvalue weighted by Crippen LogP contribution is 2.32. The van der Waals surface area contributed by atoms with E-state index in [1.54, 1.807) is 11.8 Å². The molecule has 3 heteroatoms. The van der Waals surface area contributed by atoms with Gasteiger partial charge in [0.1, 0.15) is 18.0 Å². The normalized spacial score (nSPS) is 11.4. The lowest BCUT2D eigenvalue weighted by Gasteiger charge is -2.11. The van der Waals surface area contributed by atoms with Crippen molar-refractivity contribution in [3.05, 3.63) is 59.7 Å². The van der Waals surface area contributed by atoms with Crippen molar-refractivity contribution in [2.45, 2.75) is 20.5 Å². The molecule has 0 aliphatic heterocycles.